The molecule has 4 aromatic carbocycles. The van der Waals surface area contributed by atoms with Crippen LogP contribution in [-0.4, -0.2) is 60.9 Å². The van der Waals surface area contributed by atoms with Gasteiger partial charge in [0.15, 0.2) is 0 Å². The van der Waals surface area contributed by atoms with E-state index >= 15 is 0 Å². The number of nitrogens with one attached hydrogen (secondary N) is 4. The first-order valence-electron chi connectivity index (χ1n) is 17.1. The molecule has 0 radical (unpaired) electrons. The Morgan fingerprint density at radius 1 is 0.420 bits per heavy atom. The van der Waals surface area contributed by atoms with Gasteiger partial charge in [0, 0.05) is 25.9 Å². The molecule has 262 valence electrons. The number of carbonyl (C=O) groups is 4. The first-order valence-corrected chi connectivity index (χ1v) is 17.1. The van der Waals surface area contributed by atoms with Crippen LogP contribution in [0.3, 0.4) is 0 Å². The summed E-state index contributed by atoms with van der Waals surface area (Å²) in [6.45, 7) is 0.703. The Labute approximate surface area is 294 Å². The van der Waals surface area contributed by atoms with Crippen LogP contribution in [0.15, 0.2) is 121 Å². The number of hydrogen-bond acceptors (Lipinski definition) is 6. The fraction of sp³-hybridized carbons (Fsp3) is 0.300. The van der Waals surface area contributed by atoms with Gasteiger partial charge in [-0.1, -0.05) is 121 Å². The van der Waals surface area contributed by atoms with Crippen LogP contribution in [0.2, 0.25) is 0 Å². The molecule has 8 N–H and O–H groups in total. The van der Waals surface area contributed by atoms with E-state index in [1.165, 1.54) is 0 Å². The molecule has 50 heavy (non-hydrogen) atoms. The summed E-state index contributed by atoms with van der Waals surface area (Å²) in [4.78, 5) is 52.5. The van der Waals surface area contributed by atoms with Crippen LogP contribution in [0.5, 0.6) is 0 Å². The average Bonchev–Trinajstić information content (AvgIpc) is 3.13. The summed E-state index contributed by atoms with van der Waals surface area (Å²) >= 11 is 0. The number of rotatable bonds is 19. The predicted molar refractivity (Wildman–Crippen MR) is 196 cm³/mol. The highest BCUT2D eigenvalue weighted by molar-refractivity contribution is 5.90. The number of unbranched alkanes of at least 4 members (excludes halogenated alkanes) is 1. The maximum atomic E-state index is 13.3. The Morgan fingerprint density at radius 2 is 0.700 bits per heavy atom. The van der Waals surface area contributed by atoms with E-state index in [-0.39, 0.29) is 11.8 Å². The van der Waals surface area contributed by atoms with Crippen molar-refractivity contribution >= 4 is 23.6 Å². The Hall–Kier alpha value is -5.32. The van der Waals surface area contributed by atoms with E-state index in [0.29, 0.717) is 51.6 Å². The van der Waals surface area contributed by atoms with Crippen LogP contribution in [0, 0.1) is 0 Å². The van der Waals surface area contributed by atoms with Gasteiger partial charge in [-0.2, -0.15) is 0 Å². The molecule has 0 spiro atoms. The lowest BCUT2D eigenvalue weighted by Gasteiger charge is -2.22. The van der Waals surface area contributed by atoms with Crippen molar-refractivity contribution in [3.63, 3.8) is 0 Å². The Morgan fingerprint density at radius 3 is 1.00 bits per heavy atom. The van der Waals surface area contributed by atoms with Crippen molar-refractivity contribution in [3.8, 4) is 0 Å². The maximum Gasteiger partial charge on any atom is 0.242 e. The average molecular weight is 677 g/mol. The van der Waals surface area contributed by atoms with Crippen molar-refractivity contribution in [2.24, 2.45) is 11.5 Å². The molecule has 4 atom stereocenters. The summed E-state index contributed by atoms with van der Waals surface area (Å²) in [7, 11) is 0. The van der Waals surface area contributed by atoms with Crippen molar-refractivity contribution in [1.82, 2.24) is 21.3 Å². The molecule has 4 amide bonds. The lowest BCUT2D eigenvalue weighted by Crippen LogP contribution is -2.53. The van der Waals surface area contributed by atoms with Gasteiger partial charge in [-0.3, -0.25) is 19.2 Å². The van der Waals surface area contributed by atoms with Crippen LogP contribution in [0.1, 0.15) is 35.1 Å². The van der Waals surface area contributed by atoms with Crippen LogP contribution < -0.4 is 32.7 Å². The summed E-state index contributed by atoms with van der Waals surface area (Å²) < 4.78 is 0. The monoisotopic (exact) mass is 676 g/mol. The van der Waals surface area contributed by atoms with Crippen LogP contribution in [-0.2, 0) is 44.9 Å². The zero-order chi connectivity index (χ0) is 35.6. The number of amides is 4. The summed E-state index contributed by atoms with van der Waals surface area (Å²) in [6, 6.07) is 34.7. The Balaban J connectivity index is 1.25. The molecule has 0 aliphatic rings. The van der Waals surface area contributed by atoms with E-state index in [9.17, 15) is 19.2 Å². The minimum Gasteiger partial charge on any atom is -0.354 e. The van der Waals surface area contributed by atoms with Gasteiger partial charge < -0.3 is 32.7 Å². The van der Waals surface area contributed by atoms with E-state index in [4.69, 9.17) is 11.5 Å². The van der Waals surface area contributed by atoms with Crippen molar-refractivity contribution in [2.45, 2.75) is 62.7 Å². The number of nitrogens with two attached hydrogens (primary N) is 2. The molecule has 0 heterocycles. The second-order valence-corrected chi connectivity index (χ2v) is 12.4. The molecule has 10 nitrogen and oxygen atoms in total. The minimum absolute atomic E-state index is 0.310. The molecule has 0 bridgehead atoms. The van der Waals surface area contributed by atoms with Gasteiger partial charge in [-0.15, -0.1) is 0 Å². The minimum atomic E-state index is -0.804. The molecule has 0 fully saturated rings. The molecule has 10 heteroatoms. The summed E-state index contributed by atoms with van der Waals surface area (Å²) in [6.07, 6.45) is 2.52. The standard InChI is InChI=1S/C40H48N6O4/c41-33(25-29-15-5-1-6-16-29)37(47)45-35(27-31-19-9-3-10-20-31)39(49)43-23-13-14-24-44-40(50)36(28-32-21-11-4-12-22-32)46-38(48)34(42)26-30-17-7-2-8-18-30/h1-12,15-22,33-36H,13-14,23-28,41-42H2,(H,43,49)(H,44,50)(H,45,47)(H,46,48)/t33-,34-,35-,36-/m0/s1. The third-order valence-electron chi connectivity index (χ3n) is 8.30. The molecular formula is C40H48N6O4. The summed E-state index contributed by atoms with van der Waals surface area (Å²) in [5, 5.41) is 11.5. The third kappa shape index (κ3) is 12.9. The molecule has 4 rings (SSSR count). The van der Waals surface area contributed by atoms with Gasteiger partial charge in [-0.05, 0) is 47.9 Å². The quantitative estimate of drug-likeness (QED) is 0.0835. The van der Waals surface area contributed by atoms with Crippen molar-refractivity contribution < 1.29 is 19.2 Å². The fourth-order valence-corrected chi connectivity index (χ4v) is 5.52. The van der Waals surface area contributed by atoms with Gasteiger partial charge >= 0.3 is 0 Å². The van der Waals surface area contributed by atoms with Crippen molar-refractivity contribution in [2.75, 3.05) is 13.1 Å². The molecule has 0 aliphatic heterocycles. The molecule has 0 saturated heterocycles. The van der Waals surface area contributed by atoms with Crippen LogP contribution >= 0.6 is 0 Å². The Bertz CT molecular complexity index is 1500. The lowest BCUT2D eigenvalue weighted by molar-refractivity contribution is -0.129. The normalized spacial score (nSPS) is 13.2. The van der Waals surface area contributed by atoms with E-state index < -0.39 is 36.0 Å². The van der Waals surface area contributed by atoms with E-state index in [0.717, 1.165) is 22.3 Å². The molecule has 4 aromatic rings. The van der Waals surface area contributed by atoms with Gasteiger partial charge in [0.05, 0.1) is 12.1 Å². The molecule has 0 aliphatic carbocycles. The first kappa shape index (κ1) is 37.5. The van der Waals surface area contributed by atoms with Gasteiger partial charge in [0.25, 0.3) is 0 Å². The van der Waals surface area contributed by atoms with Gasteiger partial charge in [0.2, 0.25) is 23.6 Å². The molecule has 0 unspecified atom stereocenters. The SMILES string of the molecule is N[C@@H](Cc1ccccc1)C(=O)N[C@@H](Cc1ccccc1)C(=O)NCCCCNC(=O)[C@H](Cc1ccccc1)NC(=O)[C@@H](N)Cc1ccccc1. The van der Waals surface area contributed by atoms with E-state index in [1.807, 2.05) is 121 Å². The van der Waals surface area contributed by atoms with Crippen molar-refractivity contribution in [1.29, 1.82) is 0 Å². The third-order valence-corrected chi connectivity index (χ3v) is 8.30. The van der Waals surface area contributed by atoms with Gasteiger partial charge in [0.1, 0.15) is 12.1 Å². The zero-order valence-corrected chi connectivity index (χ0v) is 28.3. The van der Waals surface area contributed by atoms with E-state index in [2.05, 4.69) is 21.3 Å². The van der Waals surface area contributed by atoms with Crippen molar-refractivity contribution in [3.05, 3.63) is 144 Å². The number of benzene rings is 4. The van der Waals surface area contributed by atoms with Gasteiger partial charge in [-0.25, -0.2) is 0 Å². The topological polar surface area (TPSA) is 168 Å². The van der Waals surface area contributed by atoms with Crippen LogP contribution in [0.25, 0.3) is 0 Å². The van der Waals surface area contributed by atoms with Crippen LogP contribution in [0.4, 0.5) is 0 Å². The number of hydrogen-bond donors (Lipinski definition) is 6. The highest BCUT2D eigenvalue weighted by atomic mass is 16.2. The highest BCUT2D eigenvalue weighted by Gasteiger charge is 2.26. The second kappa shape index (κ2) is 20.3. The summed E-state index contributed by atoms with van der Waals surface area (Å²) in [5.74, 6) is -1.41. The maximum absolute atomic E-state index is 13.3. The predicted octanol–water partition coefficient (Wildman–Crippen LogP) is 2.59. The molecular weight excluding hydrogens is 628 g/mol. The zero-order valence-electron chi connectivity index (χ0n) is 28.3. The largest absolute Gasteiger partial charge is 0.354 e. The Kier molecular flexibility index (Phi) is 15.2. The first-order chi connectivity index (χ1) is 24.3. The molecule has 0 aromatic heterocycles. The summed E-state index contributed by atoms with van der Waals surface area (Å²) in [5.41, 5.74) is 16.1. The second-order valence-electron chi connectivity index (χ2n) is 12.4. The fourth-order valence-electron chi connectivity index (χ4n) is 5.52. The lowest BCUT2D eigenvalue weighted by atomic mass is 10.0. The highest BCUT2D eigenvalue weighted by Crippen LogP contribution is 2.08. The molecule has 0 saturated carbocycles. The smallest absolute Gasteiger partial charge is 0.242 e. The number of carbonyl (C=O) groups excluding carboxylic acids is 4. The van der Waals surface area contributed by atoms with E-state index in [1.54, 1.807) is 0 Å².